The second-order valence-electron chi connectivity index (χ2n) is 4.58. The van der Waals surface area contributed by atoms with Crippen molar-refractivity contribution in [2.24, 2.45) is 0 Å². The van der Waals surface area contributed by atoms with E-state index in [4.69, 9.17) is 11.6 Å². The van der Waals surface area contributed by atoms with Gasteiger partial charge >= 0.3 is 6.18 Å². The summed E-state index contributed by atoms with van der Waals surface area (Å²) in [5.41, 5.74) is -1.36. The molecule has 0 fully saturated rings. The predicted octanol–water partition coefficient (Wildman–Crippen LogP) is 4.05. The molecule has 1 atom stereocenters. The van der Waals surface area contributed by atoms with Gasteiger partial charge in [0.1, 0.15) is 0 Å². The number of benzene rings is 1. The number of aryl methyl sites for hydroxylation is 1. The lowest BCUT2D eigenvalue weighted by Gasteiger charge is -2.27. The van der Waals surface area contributed by atoms with Gasteiger partial charge in [-0.2, -0.15) is 13.2 Å². The lowest BCUT2D eigenvalue weighted by Crippen LogP contribution is -2.37. The molecular weight excluding hydrogens is 253 g/mol. The maximum atomic E-state index is 13.0. The number of alkyl halides is 3. The van der Waals surface area contributed by atoms with Crippen LogP contribution in [0.1, 0.15) is 34.8 Å². The summed E-state index contributed by atoms with van der Waals surface area (Å²) in [6, 6.07) is 2.71. The van der Waals surface area contributed by atoms with Crippen molar-refractivity contribution in [3.8, 4) is 0 Å². The molecule has 0 aromatic heterocycles. The van der Waals surface area contributed by atoms with Gasteiger partial charge < -0.3 is 0 Å². The van der Waals surface area contributed by atoms with Gasteiger partial charge in [-0.3, -0.25) is 4.79 Å². The fourth-order valence-corrected chi connectivity index (χ4v) is 2.30. The van der Waals surface area contributed by atoms with Crippen LogP contribution in [0.3, 0.4) is 0 Å². The molecule has 0 saturated heterocycles. The highest BCUT2D eigenvalue weighted by Crippen LogP contribution is 2.50. The Labute approximate surface area is 102 Å². The lowest BCUT2D eigenvalue weighted by atomic mass is 9.83. The standard InChI is InChI=1S/C12H10ClF3O/c1-6-3-7-8(4-9(6)13)11(2,5-10(7)17)12(14,15)16/h3-4H,5H2,1-2H3. The number of hydrogen-bond donors (Lipinski definition) is 0. The van der Waals surface area contributed by atoms with Crippen molar-refractivity contribution in [1.82, 2.24) is 0 Å². The van der Waals surface area contributed by atoms with Crippen LogP contribution in [0.15, 0.2) is 12.1 Å². The maximum absolute atomic E-state index is 13.0. The molecule has 5 heteroatoms. The van der Waals surface area contributed by atoms with Crippen molar-refractivity contribution in [3.63, 3.8) is 0 Å². The van der Waals surface area contributed by atoms with E-state index in [1.807, 2.05) is 0 Å². The van der Waals surface area contributed by atoms with E-state index in [1.54, 1.807) is 6.92 Å². The molecule has 0 N–H and O–H groups in total. The van der Waals surface area contributed by atoms with Crippen LogP contribution < -0.4 is 0 Å². The zero-order chi connectivity index (χ0) is 13.0. The van der Waals surface area contributed by atoms with Crippen LogP contribution in [-0.2, 0) is 5.41 Å². The topological polar surface area (TPSA) is 17.1 Å². The Kier molecular flexibility index (Phi) is 2.54. The third-order valence-electron chi connectivity index (χ3n) is 3.33. The summed E-state index contributed by atoms with van der Waals surface area (Å²) >= 11 is 5.84. The van der Waals surface area contributed by atoms with E-state index in [9.17, 15) is 18.0 Å². The fourth-order valence-electron chi connectivity index (χ4n) is 2.13. The molecule has 0 radical (unpaired) electrons. The summed E-state index contributed by atoms with van der Waals surface area (Å²) in [5, 5.41) is 0.258. The van der Waals surface area contributed by atoms with Crippen molar-refractivity contribution in [2.45, 2.75) is 31.9 Å². The molecule has 0 aliphatic heterocycles. The monoisotopic (exact) mass is 262 g/mol. The first-order chi connectivity index (χ1) is 7.67. The van der Waals surface area contributed by atoms with Gasteiger partial charge in [-0.25, -0.2) is 0 Å². The molecule has 1 aliphatic rings. The van der Waals surface area contributed by atoms with Crippen LogP contribution >= 0.6 is 11.6 Å². The van der Waals surface area contributed by atoms with Crippen molar-refractivity contribution in [1.29, 1.82) is 0 Å². The Bertz CT molecular complexity index is 507. The highest BCUT2D eigenvalue weighted by atomic mass is 35.5. The minimum absolute atomic E-state index is 0.00870. The minimum atomic E-state index is -4.45. The van der Waals surface area contributed by atoms with Crippen molar-refractivity contribution in [2.75, 3.05) is 0 Å². The smallest absolute Gasteiger partial charge is 0.294 e. The van der Waals surface area contributed by atoms with Crippen molar-refractivity contribution < 1.29 is 18.0 Å². The molecule has 2 rings (SSSR count). The molecule has 1 aliphatic carbocycles. The SMILES string of the molecule is Cc1cc2c(cc1Cl)C(C)(C(F)(F)F)CC2=O. The van der Waals surface area contributed by atoms with Crippen LogP contribution in [0.2, 0.25) is 5.02 Å². The number of ketones is 1. The largest absolute Gasteiger partial charge is 0.398 e. The second kappa shape index (κ2) is 3.48. The average molecular weight is 263 g/mol. The Morgan fingerprint density at radius 3 is 2.47 bits per heavy atom. The number of hydrogen-bond acceptors (Lipinski definition) is 1. The van der Waals surface area contributed by atoms with E-state index < -0.39 is 23.8 Å². The molecule has 0 amide bonds. The molecule has 1 nitrogen and oxygen atoms in total. The van der Waals surface area contributed by atoms with Gasteiger partial charge in [0, 0.05) is 17.0 Å². The summed E-state index contributed by atoms with van der Waals surface area (Å²) in [5.74, 6) is -0.473. The molecule has 0 saturated carbocycles. The van der Waals surface area contributed by atoms with Gasteiger partial charge in [0.05, 0.1) is 5.41 Å². The first-order valence-electron chi connectivity index (χ1n) is 5.07. The Morgan fingerprint density at radius 2 is 1.94 bits per heavy atom. The third kappa shape index (κ3) is 1.66. The van der Waals surface area contributed by atoms with Gasteiger partial charge in [-0.1, -0.05) is 11.6 Å². The van der Waals surface area contributed by atoms with Crippen LogP contribution in [0, 0.1) is 6.92 Å². The fraction of sp³-hybridized carbons (Fsp3) is 0.417. The summed E-state index contributed by atoms with van der Waals surface area (Å²) < 4.78 is 39.1. The summed E-state index contributed by atoms with van der Waals surface area (Å²) in [6.45, 7) is 2.71. The zero-order valence-electron chi connectivity index (χ0n) is 9.28. The second-order valence-corrected chi connectivity index (χ2v) is 4.98. The van der Waals surface area contributed by atoms with Crippen LogP contribution in [0.4, 0.5) is 13.2 Å². The number of carbonyl (C=O) groups is 1. The average Bonchev–Trinajstić information content (AvgIpc) is 2.41. The van der Waals surface area contributed by atoms with E-state index in [0.29, 0.717) is 5.56 Å². The predicted molar refractivity (Wildman–Crippen MR) is 58.5 cm³/mol. The Morgan fingerprint density at radius 1 is 1.35 bits per heavy atom. The first-order valence-corrected chi connectivity index (χ1v) is 5.45. The first kappa shape index (κ1) is 12.4. The summed E-state index contributed by atoms with van der Waals surface area (Å²) in [4.78, 5) is 11.6. The van der Waals surface area contributed by atoms with Crippen molar-refractivity contribution in [3.05, 3.63) is 33.8 Å². The third-order valence-corrected chi connectivity index (χ3v) is 3.74. The molecule has 17 heavy (non-hydrogen) atoms. The zero-order valence-corrected chi connectivity index (χ0v) is 10.0. The van der Waals surface area contributed by atoms with Crippen molar-refractivity contribution >= 4 is 17.4 Å². The van der Waals surface area contributed by atoms with E-state index in [2.05, 4.69) is 0 Å². The number of carbonyl (C=O) groups excluding carboxylic acids is 1. The molecule has 0 spiro atoms. The van der Waals surface area contributed by atoms with E-state index in [0.717, 1.165) is 6.92 Å². The number of fused-ring (bicyclic) bond motifs is 1. The van der Waals surface area contributed by atoms with E-state index in [-0.39, 0.29) is 16.1 Å². The maximum Gasteiger partial charge on any atom is 0.398 e. The van der Waals surface area contributed by atoms with Gasteiger partial charge in [-0.05, 0) is 37.1 Å². The number of rotatable bonds is 0. The molecule has 0 heterocycles. The van der Waals surface area contributed by atoms with E-state index in [1.165, 1.54) is 12.1 Å². The molecule has 92 valence electrons. The molecule has 1 unspecified atom stereocenters. The van der Waals surface area contributed by atoms with Crippen LogP contribution in [-0.4, -0.2) is 12.0 Å². The van der Waals surface area contributed by atoms with Gasteiger partial charge in [0.25, 0.3) is 0 Å². The molecule has 0 bridgehead atoms. The van der Waals surface area contributed by atoms with Gasteiger partial charge in [0.2, 0.25) is 0 Å². The molecule has 1 aromatic carbocycles. The van der Waals surface area contributed by atoms with E-state index >= 15 is 0 Å². The van der Waals surface area contributed by atoms with Crippen LogP contribution in [0.25, 0.3) is 0 Å². The highest BCUT2D eigenvalue weighted by Gasteiger charge is 2.57. The van der Waals surface area contributed by atoms with Crippen LogP contribution in [0.5, 0.6) is 0 Å². The Hall–Kier alpha value is -1.03. The minimum Gasteiger partial charge on any atom is -0.294 e. The molecular formula is C12H10ClF3O. The summed E-state index contributed by atoms with van der Waals surface area (Å²) in [7, 11) is 0. The number of Topliss-reactive ketones (excluding diaryl/α,β-unsaturated/α-hetero) is 1. The Balaban J connectivity index is 2.70. The number of halogens is 4. The molecule has 1 aromatic rings. The quantitative estimate of drug-likeness (QED) is 0.689. The lowest BCUT2D eigenvalue weighted by molar-refractivity contribution is -0.183. The van der Waals surface area contributed by atoms with Gasteiger partial charge in [0.15, 0.2) is 5.78 Å². The summed E-state index contributed by atoms with van der Waals surface area (Å²) in [6.07, 6.45) is -4.99. The normalized spacial score (nSPS) is 24.0. The van der Waals surface area contributed by atoms with Gasteiger partial charge in [-0.15, -0.1) is 0 Å². The highest BCUT2D eigenvalue weighted by molar-refractivity contribution is 6.31.